The van der Waals surface area contributed by atoms with Crippen LogP contribution in [0.25, 0.3) is 0 Å². The summed E-state index contributed by atoms with van der Waals surface area (Å²) in [5.74, 6) is -0.584. The molecule has 0 spiro atoms. The third-order valence-electron chi connectivity index (χ3n) is 4.13. The zero-order valence-electron chi connectivity index (χ0n) is 14.3. The minimum Gasteiger partial charge on any atom is -0.487 e. The molecule has 1 atom stereocenters. The zero-order chi connectivity index (χ0) is 18.2. The average molecular weight is 362 g/mol. The smallest absolute Gasteiger partial charge is 0.171 e. The summed E-state index contributed by atoms with van der Waals surface area (Å²) >= 11 is 5.28. The molecule has 0 saturated heterocycles. The summed E-state index contributed by atoms with van der Waals surface area (Å²) in [5.41, 5.74) is 1.46. The van der Waals surface area contributed by atoms with Crippen molar-refractivity contribution < 1.29 is 13.5 Å². The summed E-state index contributed by atoms with van der Waals surface area (Å²) in [6.07, 6.45) is 0.672. The van der Waals surface area contributed by atoms with Gasteiger partial charge in [-0.05, 0) is 51.2 Å². The van der Waals surface area contributed by atoms with E-state index in [1.54, 1.807) is 0 Å². The van der Waals surface area contributed by atoms with Gasteiger partial charge in [-0.3, -0.25) is 0 Å². The van der Waals surface area contributed by atoms with Gasteiger partial charge in [0.05, 0.1) is 6.04 Å². The lowest BCUT2D eigenvalue weighted by molar-refractivity contribution is 0.0696. The fourth-order valence-electron chi connectivity index (χ4n) is 3.03. The highest BCUT2D eigenvalue weighted by molar-refractivity contribution is 7.80. The van der Waals surface area contributed by atoms with Crippen molar-refractivity contribution in [3.63, 3.8) is 0 Å². The molecule has 3 rings (SSSR count). The maximum Gasteiger partial charge on any atom is 0.171 e. The van der Waals surface area contributed by atoms with Crippen LogP contribution in [0.1, 0.15) is 37.4 Å². The predicted octanol–water partition coefficient (Wildman–Crippen LogP) is 4.86. The maximum atomic E-state index is 13.8. The first kappa shape index (κ1) is 17.6. The van der Waals surface area contributed by atoms with Gasteiger partial charge in [0, 0.05) is 12.0 Å². The number of nitrogens with one attached hydrogen (secondary N) is 2. The molecule has 1 aliphatic rings. The Morgan fingerprint density at radius 3 is 2.56 bits per heavy atom. The molecule has 0 fully saturated rings. The average Bonchev–Trinajstić information content (AvgIpc) is 2.51. The summed E-state index contributed by atoms with van der Waals surface area (Å²) in [4.78, 5) is 0. The first-order chi connectivity index (χ1) is 11.7. The van der Waals surface area contributed by atoms with Gasteiger partial charge < -0.3 is 15.4 Å². The summed E-state index contributed by atoms with van der Waals surface area (Å²) in [5, 5.41) is 5.96. The topological polar surface area (TPSA) is 33.3 Å². The second-order valence-corrected chi connectivity index (χ2v) is 7.26. The Bertz CT molecular complexity index is 803. The van der Waals surface area contributed by atoms with Crippen LogP contribution in [-0.4, -0.2) is 10.7 Å². The highest BCUT2D eigenvalue weighted by atomic mass is 32.1. The van der Waals surface area contributed by atoms with Crippen LogP contribution in [0.5, 0.6) is 5.75 Å². The number of rotatable bonds is 2. The highest BCUT2D eigenvalue weighted by Gasteiger charge is 2.34. The Hall–Kier alpha value is -2.21. The van der Waals surface area contributed by atoms with Gasteiger partial charge in [-0.25, -0.2) is 8.78 Å². The molecular weight excluding hydrogens is 342 g/mol. The van der Waals surface area contributed by atoms with Gasteiger partial charge >= 0.3 is 0 Å². The molecule has 0 bridgehead atoms. The molecule has 1 aliphatic heterocycles. The molecule has 2 aromatic carbocycles. The third kappa shape index (κ3) is 3.90. The standard InChI is InChI=1S/C19H20F2N2OS/c1-11-7-8-16-12(9-11)15(10-19(2,3)24-16)22-18(25)23-17-13(20)5-4-6-14(17)21/h4-9,15H,10H2,1-3H3,(H2,22,23,25). The van der Waals surface area contributed by atoms with Crippen LogP contribution < -0.4 is 15.4 Å². The Kier molecular flexibility index (Phi) is 4.64. The number of anilines is 1. The fraction of sp³-hybridized carbons (Fsp3) is 0.316. The zero-order valence-corrected chi connectivity index (χ0v) is 15.1. The van der Waals surface area contributed by atoms with Crippen LogP contribution in [0, 0.1) is 18.6 Å². The number of para-hydroxylation sites is 1. The number of fused-ring (bicyclic) bond motifs is 1. The SMILES string of the molecule is Cc1ccc2c(c1)C(NC(=S)Nc1c(F)cccc1F)CC(C)(C)O2. The van der Waals surface area contributed by atoms with Crippen LogP contribution >= 0.6 is 12.2 Å². The van der Waals surface area contributed by atoms with Gasteiger partial charge in [-0.15, -0.1) is 0 Å². The first-order valence-corrected chi connectivity index (χ1v) is 8.47. The van der Waals surface area contributed by atoms with E-state index in [2.05, 4.69) is 10.6 Å². The molecule has 132 valence electrons. The normalized spacial score (nSPS) is 18.0. The van der Waals surface area contributed by atoms with Crippen molar-refractivity contribution in [3.8, 4) is 5.75 Å². The number of halogens is 2. The van der Waals surface area contributed by atoms with Crippen LogP contribution in [0.4, 0.5) is 14.5 Å². The lowest BCUT2D eigenvalue weighted by Crippen LogP contribution is -2.42. The van der Waals surface area contributed by atoms with Crippen molar-refractivity contribution in [2.45, 2.75) is 38.8 Å². The van der Waals surface area contributed by atoms with E-state index in [4.69, 9.17) is 17.0 Å². The lowest BCUT2D eigenvalue weighted by atomic mass is 9.89. The van der Waals surface area contributed by atoms with Crippen LogP contribution in [0.3, 0.4) is 0 Å². The highest BCUT2D eigenvalue weighted by Crippen LogP contribution is 2.39. The Labute approximate surface area is 151 Å². The van der Waals surface area contributed by atoms with E-state index in [0.717, 1.165) is 16.9 Å². The molecule has 0 aliphatic carbocycles. The molecule has 0 aromatic heterocycles. The number of aryl methyl sites for hydroxylation is 1. The van der Waals surface area contributed by atoms with Crippen molar-refractivity contribution in [2.75, 3.05) is 5.32 Å². The molecule has 0 amide bonds. The van der Waals surface area contributed by atoms with Crippen molar-refractivity contribution in [1.29, 1.82) is 0 Å². The molecule has 1 unspecified atom stereocenters. The van der Waals surface area contributed by atoms with Crippen molar-refractivity contribution in [1.82, 2.24) is 5.32 Å². The molecule has 25 heavy (non-hydrogen) atoms. The van der Waals surface area contributed by atoms with Crippen molar-refractivity contribution in [3.05, 3.63) is 59.2 Å². The first-order valence-electron chi connectivity index (χ1n) is 8.06. The second-order valence-electron chi connectivity index (χ2n) is 6.85. The van der Waals surface area contributed by atoms with Gasteiger partial charge in [0.25, 0.3) is 0 Å². The summed E-state index contributed by atoms with van der Waals surface area (Å²) in [6.45, 7) is 6.00. The van der Waals surface area contributed by atoms with Crippen molar-refractivity contribution in [2.24, 2.45) is 0 Å². The quantitative estimate of drug-likeness (QED) is 0.748. The fourth-order valence-corrected chi connectivity index (χ4v) is 3.27. The van der Waals surface area contributed by atoms with E-state index in [1.807, 2.05) is 39.0 Å². The molecule has 6 heteroatoms. The molecule has 3 nitrogen and oxygen atoms in total. The van der Waals surface area contributed by atoms with Gasteiger partial charge in [0.2, 0.25) is 0 Å². The molecule has 0 radical (unpaired) electrons. The molecule has 1 heterocycles. The Morgan fingerprint density at radius 2 is 1.88 bits per heavy atom. The number of hydrogen-bond acceptors (Lipinski definition) is 2. The molecule has 2 N–H and O–H groups in total. The van der Waals surface area contributed by atoms with E-state index in [9.17, 15) is 8.78 Å². The van der Waals surface area contributed by atoms with E-state index in [1.165, 1.54) is 18.2 Å². The summed E-state index contributed by atoms with van der Waals surface area (Å²) in [7, 11) is 0. The van der Waals surface area contributed by atoms with Crippen LogP contribution in [-0.2, 0) is 0 Å². The molecule has 2 aromatic rings. The van der Waals surface area contributed by atoms with Crippen LogP contribution in [0.15, 0.2) is 36.4 Å². The minimum atomic E-state index is -0.687. The monoisotopic (exact) mass is 362 g/mol. The van der Waals surface area contributed by atoms with Gasteiger partial charge in [0.1, 0.15) is 28.7 Å². The Morgan fingerprint density at radius 1 is 1.20 bits per heavy atom. The molecule has 0 saturated carbocycles. The minimum absolute atomic E-state index is 0.117. The van der Waals surface area contributed by atoms with Gasteiger partial charge in [0.15, 0.2) is 5.11 Å². The third-order valence-corrected chi connectivity index (χ3v) is 4.35. The largest absolute Gasteiger partial charge is 0.487 e. The van der Waals surface area contributed by atoms with E-state index in [0.29, 0.717) is 6.42 Å². The van der Waals surface area contributed by atoms with Crippen molar-refractivity contribution >= 4 is 23.0 Å². The van der Waals surface area contributed by atoms with E-state index >= 15 is 0 Å². The number of hydrogen-bond donors (Lipinski definition) is 2. The van der Waals surface area contributed by atoms with Gasteiger partial charge in [-0.2, -0.15) is 0 Å². The second kappa shape index (κ2) is 6.59. The Balaban J connectivity index is 1.82. The number of ether oxygens (including phenoxy) is 1. The molecular formula is C19H20F2N2OS. The summed E-state index contributed by atoms with van der Waals surface area (Å²) in [6, 6.07) is 9.53. The number of benzene rings is 2. The summed E-state index contributed by atoms with van der Waals surface area (Å²) < 4.78 is 33.6. The van der Waals surface area contributed by atoms with E-state index < -0.39 is 11.6 Å². The predicted molar refractivity (Wildman–Crippen MR) is 99.0 cm³/mol. The lowest BCUT2D eigenvalue weighted by Gasteiger charge is -2.38. The maximum absolute atomic E-state index is 13.8. The number of thiocarbonyl (C=S) groups is 1. The van der Waals surface area contributed by atoms with E-state index in [-0.39, 0.29) is 22.4 Å². The van der Waals surface area contributed by atoms with Crippen LogP contribution in [0.2, 0.25) is 0 Å². The van der Waals surface area contributed by atoms with Gasteiger partial charge in [-0.1, -0.05) is 23.8 Å².